The maximum atomic E-state index is 12.6. The minimum atomic E-state index is -3.62. The number of benzene rings is 1. The van der Waals surface area contributed by atoms with Crippen molar-refractivity contribution in [3.63, 3.8) is 0 Å². The first-order valence-electron chi connectivity index (χ1n) is 7.05. The fraction of sp³-hybridized carbons (Fsp3) is 0.625. The lowest BCUT2D eigenvalue weighted by molar-refractivity contribution is 0.269. The van der Waals surface area contributed by atoms with Gasteiger partial charge in [0.15, 0.2) is 0 Å². The fourth-order valence-electron chi connectivity index (χ4n) is 2.78. The molecule has 1 N–H and O–H groups in total. The summed E-state index contributed by atoms with van der Waals surface area (Å²) in [7, 11) is -2.14. The monoisotopic (exact) mass is 313 g/mol. The number of aryl methyl sites for hydroxylation is 1. The van der Waals surface area contributed by atoms with Crippen LogP contribution in [-0.4, -0.2) is 21.1 Å². The zero-order chi connectivity index (χ0) is 16.5. The molecule has 0 aliphatic carbocycles. The van der Waals surface area contributed by atoms with Crippen molar-refractivity contribution in [2.75, 3.05) is 7.11 Å². The van der Waals surface area contributed by atoms with Gasteiger partial charge in [0, 0.05) is 5.54 Å². The fourth-order valence-corrected chi connectivity index (χ4v) is 4.34. The summed E-state index contributed by atoms with van der Waals surface area (Å²) in [6.45, 7) is 12.0. The average Bonchev–Trinajstić information content (AvgIpc) is 2.23. The van der Waals surface area contributed by atoms with Crippen LogP contribution in [0, 0.1) is 12.3 Å². The van der Waals surface area contributed by atoms with E-state index in [1.165, 1.54) is 7.11 Å². The summed E-state index contributed by atoms with van der Waals surface area (Å²) >= 11 is 0. The zero-order valence-corrected chi connectivity index (χ0v) is 14.9. The van der Waals surface area contributed by atoms with Crippen molar-refractivity contribution in [1.82, 2.24) is 4.72 Å². The van der Waals surface area contributed by atoms with Crippen molar-refractivity contribution < 1.29 is 13.2 Å². The van der Waals surface area contributed by atoms with Gasteiger partial charge in [0.2, 0.25) is 10.0 Å². The van der Waals surface area contributed by atoms with Gasteiger partial charge in [0.1, 0.15) is 10.6 Å². The predicted octanol–water partition coefficient (Wildman–Crippen LogP) is 3.50. The molecule has 0 aliphatic heterocycles. The largest absolute Gasteiger partial charge is 0.495 e. The molecule has 120 valence electrons. The quantitative estimate of drug-likeness (QED) is 0.905. The summed E-state index contributed by atoms with van der Waals surface area (Å²) in [4.78, 5) is 0.178. The van der Waals surface area contributed by atoms with E-state index in [4.69, 9.17) is 4.74 Å². The lowest BCUT2D eigenvalue weighted by Crippen LogP contribution is -2.45. The van der Waals surface area contributed by atoms with Crippen molar-refractivity contribution in [3.8, 4) is 5.75 Å². The molecule has 0 spiro atoms. The van der Waals surface area contributed by atoms with E-state index in [-0.39, 0.29) is 10.3 Å². The van der Waals surface area contributed by atoms with Crippen LogP contribution >= 0.6 is 0 Å². The molecule has 1 aromatic rings. The van der Waals surface area contributed by atoms with Gasteiger partial charge in [-0.1, -0.05) is 26.8 Å². The Kier molecular flexibility index (Phi) is 5.11. The standard InChI is InChI=1S/C16H27NO3S/c1-12-8-9-14(13(10-12)20-7)21(18,19)17-16(5,6)11-15(2,3)4/h8-10,17H,11H2,1-7H3. The van der Waals surface area contributed by atoms with Crippen molar-refractivity contribution in [3.05, 3.63) is 23.8 Å². The third kappa shape index (κ3) is 5.32. The highest BCUT2D eigenvalue weighted by Crippen LogP contribution is 2.30. The second-order valence-corrected chi connectivity index (χ2v) is 9.03. The molecule has 0 heterocycles. The number of rotatable bonds is 5. The molecule has 0 aliphatic rings. The summed E-state index contributed by atoms with van der Waals surface area (Å²) in [5.74, 6) is 0.369. The smallest absolute Gasteiger partial charge is 0.244 e. The molecule has 21 heavy (non-hydrogen) atoms. The van der Waals surface area contributed by atoms with E-state index in [1.807, 2.05) is 20.8 Å². The lowest BCUT2D eigenvalue weighted by atomic mass is 9.82. The molecule has 1 rings (SSSR count). The second kappa shape index (κ2) is 5.97. The topological polar surface area (TPSA) is 55.4 Å². The zero-order valence-electron chi connectivity index (χ0n) is 14.1. The Morgan fingerprint density at radius 2 is 1.71 bits per heavy atom. The van der Waals surface area contributed by atoms with Crippen LogP contribution in [0.2, 0.25) is 0 Å². The first kappa shape index (κ1) is 18.0. The summed E-state index contributed by atoms with van der Waals surface area (Å²) in [5, 5.41) is 0. The lowest BCUT2D eigenvalue weighted by Gasteiger charge is -2.33. The van der Waals surface area contributed by atoms with E-state index in [1.54, 1.807) is 18.2 Å². The van der Waals surface area contributed by atoms with Gasteiger partial charge in [0.05, 0.1) is 7.11 Å². The molecule has 1 aromatic carbocycles. The SMILES string of the molecule is COc1cc(C)ccc1S(=O)(=O)NC(C)(C)CC(C)(C)C. The highest BCUT2D eigenvalue weighted by Gasteiger charge is 2.31. The van der Waals surface area contributed by atoms with Gasteiger partial charge in [-0.25, -0.2) is 13.1 Å². The minimum absolute atomic E-state index is 0.0311. The number of ether oxygens (including phenoxy) is 1. The van der Waals surface area contributed by atoms with E-state index >= 15 is 0 Å². The van der Waals surface area contributed by atoms with Crippen LogP contribution in [0.15, 0.2) is 23.1 Å². The van der Waals surface area contributed by atoms with Crippen LogP contribution in [0.3, 0.4) is 0 Å². The van der Waals surface area contributed by atoms with Gasteiger partial charge in [-0.15, -0.1) is 0 Å². The maximum Gasteiger partial charge on any atom is 0.244 e. The Hall–Kier alpha value is -1.07. The van der Waals surface area contributed by atoms with E-state index < -0.39 is 15.6 Å². The van der Waals surface area contributed by atoms with Gasteiger partial charge in [-0.05, 0) is 50.3 Å². The van der Waals surface area contributed by atoms with E-state index in [0.29, 0.717) is 5.75 Å². The Balaban J connectivity index is 3.13. The molecule has 0 fully saturated rings. The van der Waals surface area contributed by atoms with E-state index in [0.717, 1.165) is 12.0 Å². The number of hydrogen-bond acceptors (Lipinski definition) is 3. The van der Waals surface area contributed by atoms with E-state index in [9.17, 15) is 8.42 Å². The van der Waals surface area contributed by atoms with Gasteiger partial charge >= 0.3 is 0 Å². The Bertz CT molecular complexity index is 598. The van der Waals surface area contributed by atoms with Crippen molar-refractivity contribution in [1.29, 1.82) is 0 Å². The molecule has 0 radical (unpaired) electrons. The number of sulfonamides is 1. The Morgan fingerprint density at radius 3 is 2.19 bits per heavy atom. The predicted molar refractivity (Wildman–Crippen MR) is 86.2 cm³/mol. The molecular formula is C16H27NO3S. The molecule has 0 bridgehead atoms. The van der Waals surface area contributed by atoms with Gasteiger partial charge in [-0.3, -0.25) is 0 Å². The molecule has 0 amide bonds. The third-order valence-corrected chi connectivity index (χ3v) is 4.73. The molecule has 0 saturated carbocycles. The van der Waals surface area contributed by atoms with Crippen LogP contribution in [0.25, 0.3) is 0 Å². The van der Waals surface area contributed by atoms with E-state index in [2.05, 4.69) is 25.5 Å². The first-order valence-corrected chi connectivity index (χ1v) is 8.53. The van der Waals surface area contributed by atoms with Crippen molar-refractivity contribution in [2.24, 2.45) is 5.41 Å². The molecule has 0 atom stereocenters. The highest BCUT2D eigenvalue weighted by molar-refractivity contribution is 7.89. The van der Waals surface area contributed by atoms with Gasteiger partial charge in [0.25, 0.3) is 0 Å². The summed E-state index contributed by atoms with van der Waals surface area (Å²) < 4.78 is 33.3. The minimum Gasteiger partial charge on any atom is -0.495 e. The Morgan fingerprint density at radius 1 is 1.14 bits per heavy atom. The first-order chi connectivity index (χ1) is 9.36. The highest BCUT2D eigenvalue weighted by atomic mass is 32.2. The summed E-state index contributed by atoms with van der Waals surface area (Å²) in [5.41, 5.74) is 0.454. The summed E-state index contributed by atoms with van der Waals surface area (Å²) in [6.07, 6.45) is 0.730. The number of methoxy groups -OCH3 is 1. The molecule has 0 aromatic heterocycles. The third-order valence-electron chi connectivity index (χ3n) is 2.99. The second-order valence-electron chi connectivity index (χ2n) is 7.38. The van der Waals surface area contributed by atoms with Crippen LogP contribution in [0.5, 0.6) is 5.75 Å². The van der Waals surface area contributed by atoms with Gasteiger partial charge in [-0.2, -0.15) is 0 Å². The number of nitrogens with one attached hydrogen (secondary N) is 1. The van der Waals surface area contributed by atoms with Crippen molar-refractivity contribution in [2.45, 2.75) is 58.4 Å². The van der Waals surface area contributed by atoms with Crippen LogP contribution in [0.4, 0.5) is 0 Å². The molecule has 0 saturated heterocycles. The van der Waals surface area contributed by atoms with Crippen LogP contribution < -0.4 is 9.46 Å². The maximum absolute atomic E-state index is 12.6. The molecular weight excluding hydrogens is 286 g/mol. The van der Waals surface area contributed by atoms with Crippen molar-refractivity contribution >= 4 is 10.0 Å². The Labute approximate surface area is 129 Å². The normalized spacial score (nSPS) is 13.3. The van der Waals surface area contributed by atoms with Crippen LogP contribution in [-0.2, 0) is 10.0 Å². The van der Waals surface area contributed by atoms with Crippen LogP contribution in [0.1, 0.15) is 46.6 Å². The molecule has 4 nitrogen and oxygen atoms in total. The number of hydrogen-bond donors (Lipinski definition) is 1. The molecule has 5 heteroatoms. The summed E-state index contributed by atoms with van der Waals surface area (Å²) in [6, 6.07) is 5.09. The average molecular weight is 313 g/mol. The molecule has 0 unspecified atom stereocenters. The van der Waals surface area contributed by atoms with Gasteiger partial charge < -0.3 is 4.74 Å².